The van der Waals surface area contributed by atoms with Gasteiger partial charge in [-0.25, -0.2) is 23.1 Å². The highest BCUT2D eigenvalue weighted by atomic mass is 35.5. The largest absolute Gasteiger partial charge is 0.322 e. The molecule has 0 saturated carbocycles. The molecule has 2 aromatic heterocycles. The SMILES string of the molecule is CCc1ccnc2c(C(=O)Nc3cccc(S(N)(=O)=O)c3)c(-c3ccc(Cl)cc3)nn12. The van der Waals surface area contributed by atoms with E-state index >= 15 is 0 Å². The van der Waals surface area contributed by atoms with Crippen molar-refractivity contribution in [1.29, 1.82) is 0 Å². The van der Waals surface area contributed by atoms with Crippen molar-refractivity contribution in [3.8, 4) is 11.3 Å². The maximum absolute atomic E-state index is 13.3. The highest BCUT2D eigenvalue weighted by Gasteiger charge is 2.23. The van der Waals surface area contributed by atoms with Crippen LogP contribution in [-0.4, -0.2) is 28.9 Å². The van der Waals surface area contributed by atoms with Gasteiger partial charge in [0, 0.05) is 28.2 Å². The van der Waals surface area contributed by atoms with Crippen LogP contribution in [0.5, 0.6) is 0 Å². The van der Waals surface area contributed by atoms with Crippen molar-refractivity contribution in [3.05, 3.63) is 77.1 Å². The zero-order chi connectivity index (χ0) is 22.2. The Hall–Kier alpha value is -3.27. The Morgan fingerprint density at radius 2 is 1.90 bits per heavy atom. The van der Waals surface area contributed by atoms with E-state index < -0.39 is 15.9 Å². The van der Waals surface area contributed by atoms with E-state index in [1.54, 1.807) is 41.0 Å². The van der Waals surface area contributed by atoms with Crippen molar-refractivity contribution < 1.29 is 13.2 Å². The molecule has 0 fully saturated rings. The number of nitrogens with two attached hydrogens (primary N) is 1. The summed E-state index contributed by atoms with van der Waals surface area (Å²) in [6.45, 7) is 1.98. The van der Waals surface area contributed by atoms with Crippen LogP contribution in [0.3, 0.4) is 0 Å². The van der Waals surface area contributed by atoms with Gasteiger partial charge in [0.2, 0.25) is 10.0 Å². The molecule has 3 N–H and O–H groups in total. The predicted molar refractivity (Wildman–Crippen MR) is 119 cm³/mol. The molecule has 0 bridgehead atoms. The fourth-order valence-corrected chi connectivity index (χ4v) is 3.91. The van der Waals surface area contributed by atoms with Crippen LogP contribution in [-0.2, 0) is 16.4 Å². The number of fused-ring (bicyclic) bond motifs is 1. The van der Waals surface area contributed by atoms with E-state index in [9.17, 15) is 13.2 Å². The minimum atomic E-state index is -3.91. The van der Waals surface area contributed by atoms with Crippen LogP contribution in [0.2, 0.25) is 5.02 Å². The van der Waals surface area contributed by atoms with Crippen molar-refractivity contribution in [2.75, 3.05) is 5.32 Å². The number of benzene rings is 2. The molecule has 2 aromatic carbocycles. The van der Waals surface area contributed by atoms with E-state index in [0.29, 0.717) is 28.3 Å². The number of hydrogen-bond donors (Lipinski definition) is 2. The number of carbonyl (C=O) groups excluding carboxylic acids is 1. The lowest BCUT2D eigenvalue weighted by Crippen LogP contribution is -2.15. The zero-order valence-electron chi connectivity index (χ0n) is 16.4. The number of nitrogens with zero attached hydrogens (tertiary/aromatic N) is 3. The first kappa shape index (κ1) is 21.0. The average molecular weight is 456 g/mol. The van der Waals surface area contributed by atoms with Crippen molar-refractivity contribution in [3.63, 3.8) is 0 Å². The summed E-state index contributed by atoms with van der Waals surface area (Å²) in [5, 5.41) is 13.1. The van der Waals surface area contributed by atoms with Gasteiger partial charge in [0.25, 0.3) is 5.91 Å². The molecule has 0 radical (unpaired) electrons. The smallest absolute Gasteiger partial charge is 0.261 e. The molecular weight excluding hydrogens is 438 g/mol. The monoisotopic (exact) mass is 455 g/mol. The van der Waals surface area contributed by atoms with Crippen LogP contribution >= 0.6 is 11.6 Å². The Kier molecular flexibility index (Phi) is 5.48. The number of rotatable bonds is 5. The fourth-order valence-electron chi connectivity index (χ4n) is 3.22. The molecule has 0 spiro atoms. The Balaban J connectivity index is 1.85. The molecule has 0 atom stereocenters. The molecule has 31 heavy (non-hydrogen) atoms. The summed E-state index contributed by atoms with van der Waals surface area (Å²) in [6.07, 6.45) is 2.32. The minimum Gasteiger partial charge on any atom is -0.322 e. The van der Waals surface area contributed by atoms with Gasteiger partial charge in [-0.15, -0.1) is 0 Å². The summed E-state index contributed by atoms with van der Waals surface area (Å²) in [5.41, 5.74) is 2.95. The summed E-state index contributed by atoms with van der Waals surface area (Å²) in [4.78, 5) is 17.6. The van der Waals surface area contributed by atoms with Crippen LogP contribution in [0.4, 0.5) is 5.69 Å². The van der Waals surface area contributed by atoms with Crippen LogP contribution in [0.1, 0.15) is 23.0 Å². The molecule has 1 amide bonds. The highest BCUT2D eigenvalue weighted by Crippen LogP contribution is 2.28. The van der Waals surface area contributed by atoms with Gasteiger partial charge in [-0.3, -0.25) is 4.79 Å². The van der Waals surface area contributed by atoms with Gasteiger partial charge in [0.15, 0.2) is 5.65 Å². The topological polar surface area (TPSA) is 119 Å². The number of aryl methyl sites for hydroxylation is 1. The molecule has 0 unspecified atom stereocenters. The number of amides is 1. The third kappa shape index (κ3) is 4.15. The van der Waals surface area contributed by atoms with Gasteiger partial charge in [0.1, 0.15) is 11.3 Å². The van der Waals surface area contributed by atoms with Gasteiger partial charge < -0.3 is 5.32 Å². The van der Waals surface area contributed by atoms with E-state index in [1.165, 1.54) is 18.2 Å². The lowest BCUT2D eigenvalue weighted by Gasteiger charge is -2.07. The number of aromatic nitrogens is 3. The summed E-state index contributed by atoms with van der Waals surface area (Å²) >= 11 is 6.01. The molecule has 4 aromatic rings. The first-order valence-electron chi connectivity index (χ1n) is 9.34. The highest BCUT2D eigenvalue weighted by molar-refractivity contribution is 7.89. The quantitative estimate of drug-likeness (QED) is 0.477. The van der Waals surface area contributed by atoms with Crippen LogP contribution < -0.4 is 10.5 Å². The van der Waals surface area contributed by atoms with Crippen LogP contribution in [0.15, 0.2) is 65.7 Å². The molecule has 0 aliphatic heterocycles. The number of primary sulfonamides is 1. The second kappa shape index (κ2) is 8.10. The summed E-state index contributed by atoms with van der Waals surface area (Å²) in [6, 6.07) is 14.5. The number of anilines is 1. The molecule has 8 nitrogen and oxygen atoms in total. The molecule has 158 valence electrons. The average Bonchev–Trinajstić information content (AvgIpc) is 3.13. The number of nitrogens with one attached hydrogen (secondary N) is 1. The Bertz CT molecular complexity index is 1400. The molecule has 0 aliphatic carbocycles. The van der Waals surface area contributed by atoms with Crippen LogP contribution in [0.25, 0.3) is 16.9 Å². The third-order valence-corrected chi connectivity index (χ3v) is 5.89. The maximum atomic E-state index is 13.3. The minimum absolute atomic E-state index is 0.102. The van der Waals surface area contributed by atoms with Gasteiger partial charge in [0.05, 0.1) is 4.90 Å². The first-order chi connectivity index (χ1) is 14.8. The molecular formula is C21H18ClN5O3S. The number of halogens is 1. The fraction of sp³-hybridized carbons (Fsp3) is 0.0952. The normalized spacial score (nSPS) is 11.6. The van der Waals surface area contributed by atoms with Crippen molar-refractivity contribution in [2.24, 2.45) is 5.14 Å². The second-order valence-electron chi connectivity index (χ2n) is 6.78. The number of hydrogen-bond acceptors (Lipinski definition) is 5. The van der Waals surface area contributed by atoms with Gasteiger partial charge in [-0.2, -0.15) is 5.10 Å². The van der Waals surface area contributed by atoms with E-state index in [-0.39, 0.29) is 16.1 Å². The lowest BCUT2D eigenvalue weighted by atomic mass is 10.1. The van der Waals surface area contributed by atoms with Crippen molar-refractivity contribution in [1.82, 2.24) is 14.6 Å². The molecule has 10 heteroatoms. The summed E-state index contributed by atoms with van der Waals surface area (Å²) in [5.74, 6) is -0.479. The standard InChI is InChI=1S/C21H18ClN5O3S/c1-2-16-10-11-24-20-18(19(26-27(16)20)13-6-8-14(22)9-7-13)21(28)25-15-4-3-5-17(12-15)31(23,29)30/h3-12H,2H2,1H3,(H,25,28)(H2,23,29,30). The molecule has 4 rings (SSSR count). The van der Waals surface area contributed by atoms with Crippen LogP contribution in [0, 0.1) is 0 Å². The Labute approximate surface area is 183 Å². The predicted octanol–water partition coefficient (Wildman–Crippen LogP) is 3.51. The first-order valence-corrected chi connectivity index (χ1v) is 11.3. The molecule has 2 heterocycles. The Morgan fingerprint density at radius 3 is 2.58 bits per heavy atom. The summed E-state index contributed by atoms with van der Waals surface area (Å²) < 4.78 is 24.9. The van der Waals surface area contributed by atoms with E-state index in [2.05, 4.69) is 15.4 Å². The van der Waals surface area contributed by atoms with E-state index in [1.807, 2.05) is 13.0 Å². The lowest BCUT2D eigenvalue weighted by molar-refractivity contribution is 0.102. The zero-order valence-corrected chi connectivity index (χ0v) is 18.0. The van der Waals surface area contributed by atoms with E-state index in [4.69, 9.17) is 16.7 Å². The van der Waals surface area contributed by atoms with Crippen molar-refractivity contribution in [2.45, 2.75) is 18.2 Å². The van der Waals surface area contributed by atoms with Crippen molar-refractivity contribution >= 4 is 38.9 Å². The molecule has 0 aliphatic rings. The Morgan fingerprint density at radius 1 is 1.16 bits per heavy atom. The third-order valence-electron chi connectivity index (χ3n) is 4.72. The van der Waals surface area contributed by atoms with Gasteiger partial charge in [-0.1, -0.05) is 36.7 Å². The maximum Gasteiger partial charge on any atom is 0.261 e. The second-order valence-corrected chi connectivity index (χ2v) is 8.78. The number of sulfonamides is 1. The molecule has 0 saturated heterocycles. The van der Waals surface area contributed by atoms with Gasteiger partial charge in [-0.05, 0) is 42.8 Å². The summed E-state index contributed by atoms with van der Waals surface area (Å²) in [7, 11) is -3.91. The van der Waals surface area contributed by atoms with E-state index in [0.717, 1.165) is 5.69 Å². The van der Waals surface area contributed by atoms with Gasteiger partial charge >= 0.3 is 0 Å². The number of carbonyl (C=O) groups is 1.